The van der Waals surface area contributed by atoms with Gasteiger partial charge in [0.15, 0.2) is 12.3 Å². The molecule has 0 aliphatic rings. The average molecular weight is 403 g/mol. The van der Waals surface area contributed by atoms with Crippen molar-refractivity contribution in [1.82, 2.24) is 4.98 Å². The Kier molecular flexibility index (Phi) is 5.75. The number of fused-ring (bicyclic) bond motifs is 1. The molecule has 1 aromatic heterocycles. The molecule has 0 atom stereocenters. The third-order valence-corrected chi connectivity index (χ3v) is 4.18. The number of aromatic nitrogens is 1. The monoisotopic (exact) mass is 402 g/mol. The molecule has 0 unspecified atom stereocenters. The number of methoxy groups -OCH3 is 1. The average Bonchev–Trinajstić information content (AvgIpc) is 2.68. The van der Waals surface area contributed by atoms with Crippen molar-refractivity contribution in [1.29, 1.82) is 0 Å². The first kappa shape index (κ1) is 19.6. The van der Waals surface area contributed by atoms with Crippen LogP contribution in [-0.4, -0.2) is 30.6 Å². The first-order chi connectivity index (χ1) is 13.4. The van der Waals surface area contributed by atoms with E-state index in [9.17, 15) is 14.0 Å². The molecular weight excluding hydrogens is 387 g/mol. The van der Waals surface area contributed by atoms with Gasteiger partial charge < -0.3 is 14.8 Å². The van der Waals surface area contributed by atoms with Crippen molar-refractivity contribution in [3.05, 3.63) is 64.6 Å². The van der Waals surface area contributed by atoms with Crippen LogP contribution in [0.2, 0.25) is 5.02 Å². The van der Waals surface area contributed by atoms with Gasteiger partial charge >= 0.3 is 5.97 Å². The quantitative estimate of drug-likeness (QED) is 0.649. The van der Waals surface area contributed by atoms with Gasteiger partial charge in [0.25, 0.3) is 5.91 Å². The van der Waals surface area contributed by atoms with Crippen molar-refractivity contribution >= 4 is 40.1 Å². The maximum atomic E-state index is 13.6. The third kappa shape index (κ3) is 4.37. The lowest BCUT2D eigenvalue weighted by Crippen LogP contribution is -2.20. The number of ether oxygens (including phenoxy) is 2. The van der Waals surface area contributed by atoms with Crippen LogP contribution in [-0.2, 0) is 9.53 Å². The van der Waals surface area contributed by atoms with E-state index in [0.29, 0.717) is 27.2 Å². The molecule has 3 rings (SSSR count). The van der Waals surface area contributed by atoms with E-state index in [0.717, 1.165) is 0 Å². The van der Waals surface area contributed by atoms with Crippen molar-refractivity contribution in [3.63, 3.8) is 0 Å². The molecule has 0 aliphatic carbocycles. The highest BCUT2D eigenvalue weighted by molar-refractivity contribution is 6.31. The van der Waals surface area contributed by atoms with E-state index < -0.39 is 17.7 Å². The number of pyridine rings is 1. The van der Waals surface area contributed by atoms with Gasteiger partial charge in [-0.1, -0.05) is 17.7 Å². The van der Waals surface area contributed by atoms with E-state index in [2.05, 4.69) is 10.3 Å². The van der Waals surface area contributed by atoms with Crippen LogP contribution >= 0.6 is 11.6 Å². The topological polar surface area (TPSA) is 77.5 Å². The van der Waals surface area contributed by atoms with Gasteiger partial charge in [-0.15, -0.1) is 0 Å². The van der Waals surface area contributed by atoms with Crippen molar-refractivity contribution in [2.75, 3.05) is 19.0 Å². The molecular formula is C20H16ClFN2O4. The summed E-state index contributed by atoms with van der Waals surface area (Å²) in [6, 6.07) is 10.6. The molecule has 1 N–H and O–H groups in total. The lowest BCUT2D eigenvalue weighted by atomic mass is 10.2. The van der Waals surface area contributed by atoms with Crippen LogP contribution < -0.4 is 10.1 Å². The summed E-state index contributed by atoms with van der Waals surface area (Å²) in [4.78, 5) is 28.2. The molecule has 8 heteroatoms. The van der Waals surface area contributed by atoms with Crippen LogP contribution in [0.1, 0.15) is 16.1 Å². The highest BCUT2D eigenvalue weighted by Crippen LogP contribution is 2.28. The Morgan fingerprint density at radius 2 is 1.96 bits per heavy atom. The van der Waals surface area contributed by atoms with Gasteiger partial charge in [0, 0.05) is 22.2 Å². The summed E-state index contributed by atoms with van der Waals surface area (Å²) in [5, 5.41) is 3.54. The summed E-state index contributed by atoms with van der Waals surface area (Å²) < 4.78 is 23.9. The van der Waals surface area contributed by atoms with Gasteiger partial charge in [-0.3, -0.25) is 4.79 Å². The number of hydrogen-bond donors (Lipinski definition) is 1. The molecule has 28 heavy (non-hydrogen) atoms. The highest BCUT2D eigenvalue weighted by Gasteiger charge is 2.15. The lowest BCUT2D eigenvalue weighted by Gasteiger charge is -2.12. The van der Waals surface area contributed by atoms with Crippen molar-refractivity contribution in [2.45, 2.75) is 6.92 Å². The number of aryl methyl sites for hydroxylation is 1. The van der Waals surface area contributed by atoms with Crippen LogP contribution in [0.4, 0.5) is 10.1 Å². The molecule has 144 valence electrons. The third-order valence-electron chi connectivity index (χ3n) is 3.94. The molecule has 0 saturated heterocycles. The van der Waals surface area contributed by atoms with E-state index >= 15 is 0 Å². The number of hydrogen-bond acceptors (Lipinski definition) is 5. The zero-order chi connectivity index (χ0) is 20.3. The van der Waals surface area contributed by atoms with Gasteiger partial charge in [-0.05, 0) is 42.8 Å². The summed E-state index contributed by atoms with van der Waals surface area (Å²) in [6.07, 6.45) is 0. The highest BCUT2D eigenvalue weighted by atomic mass is 35.5. The second-order valence-electron chi connectivity index (χ2n) is 5.96. The number of amides is 1. The van der Waals surface area contributed by atoms with E-state index in [1.807, 2.05) is 0 Å². The van der Waals surface area contributed by atoms with Gasteiger partial charge in [0.05, 0.1) is 12.6 Å². The molecule has 2 aromatic carbocycles. The molecule has 0 spiro atoms. The number of halogens is 2. The molecule has 0 aliphatic heterocycles. The fraction of sp³-hybridized carbons (Fsp3) is 0.150. The number of carbonyl (C=O) groups excluding carboxylic acids is 2. The van der Waals surface area contributed by atoms with Crippen molar-refractivity contribution < 1.29 is 23.5 Å². The first-order valence-corrected chi connectivity index (χ1v) is 8.62. The Labute approximate surface area is 165 Å². The number of esters is 1. The lowest BCUT2D eigenvalue weighted by molar-refractivity contribution is -0.118. The van der Waals surface area contributed by atoms with Crippen LogP contribution in [0.25, 0.3) is 10.9 Å². The molecule has 3 aromatic rings. The molecule has 0 saturated carbocycles. The zero-order valence-electron chi connectivity index (χ0n) is 15.1. The molecule has 0 fully saturated rings. The van der Waals surface area contributed by atoms with E-state index in [1.54, 1.807) is 37.3 Å². The molecule has 1 amide bonds. The number of anilines is 1. The fourth-order valence-electron chi connectivity index (χ4n) is 2.51. The van der Waals surface area contributed by atoms with E-state index in [-0.39, 0.29) is 18.1 Å². The number of nitrogens with zero attached hydrogens (tertiary/aromatic N) is 1. The van der Waals surface area contributed by atoms with Crippen LogP contribution in [0.5, 0.6) is 5.75 Å². The number of benzene rings is 2. The number of nitrogens with one attached hydrogen (secondary N) is 1. The van der Waals surface area contributed by atoms with Crippen molar-refractivity contribution in [3.8, 4) is 5.75 Å². The number of rotatable bonds is 5. The van der Waals surface area contributed by atoms with Crippen LogP contribution in [0.15, 0.2) is 42.5 Å². The largest absolute Gasteiger partial charge is 0.483 e. The predicted molar refractivity (Wildman–Crippen MR) is 103 cm³/mol. The Bertz CT molecular complexity index is 1070. The van der Waals surface area contributed by atoms with Gasteiger partial charge in [0.1, 0.15) is 11.6 Å². The van der Waals surface area contributed by atoms with Crippen LogP contribution in [0.3, 0.4) is 0 Å². The second-order valence-corrected chi connectivity index (χ2v) is 6.40. The zero-order valence-corrected chi connectivity index (χ0v) is 15.8. The summed E-state index contributed by atoms with van der Waals surface area (Å²) in [5.41, 5.74) is 1.29. The van der Waals surface area contributed by atoms with E-state index in [4.69, 9.17) is 21.1 Å². The standard InChI is InChI=1S/C20H16ClFN2O4/c1-11-3-5-13(8-15(11)22)23-19(25)10-28-18-9-17(20(26)27-2)24-16-6-4-12(21)7-14(16)18/h3-9H,10H2,1-2H3,(H,23,25). The first-order valence-electron chi connectivity index (χ1n) is 8.25. The minimum atomic E-state index is -0.638. The maximum Gasteiger partial charge on any atom is 0.356 e. The molecule has 0 bridgehead atoms. The maximum absolute atomic E-state index is 13.6. The second kappa shape index (κ2) is 8.22. The summed E-state index contributed by atoms with van der Waals surface area (Å²) in [7, 11) is 1.24. The Morgan fingerprint density at radius 3 is 2.68 bits per heavy atom. The number of carbonyl (C=O) groups is 2. The molecule has 1 heterocycles. The smallest absolute Gasteiger partial charge is 0.356 e. The minimum absolute atomic E-state index is 0.0355. The Balaban J connectivity index is 1.82. The van der Waals surface area contributed by atoms with Crippen molar-refractivity contribution in [2.24, 2.45) is 0 Å². The molecule has 0 radical (unpaired) electrons. The van der Waals surface area contributed by atoms with Crippen LogP contribution in [0, 0.1) is 12.7 Å². The summed E-state index contributed by atoms with van der Waals surface area (Å²) in [6.45, 7) is 1.27. The predicted octanol–water partition coefficient (Wildman–Crippen LogP) is 4.14. The normalized spacial score (nSPS) is 10.6. The Hall–Kier alpha value is -3.19. The van der Waals surface area contributed by atoms with E-state index in [1.165, 1.54) is 19.2 Å². The van der Waals surface area contributed by atoms with Gasteiger partial charge in [0.2, 0.25) is 0 Å². The van der Waals surface area contributed by atoms with Gasteiger partial charge in [-0.2, -0.15) is 0 Å². The van der Waals surface area contributed by atoms with Gasteiger partial charge in [-0.25, -0.2) is 14.2 Å². The summed E-state index contributed by atoms with van der Waals surface area (Å²) >= 11 is 6.03. The Morgan fingerprint density at radius 1 is 1.18 bits per heavy atom. The minimum Gasteiger partial charge on any atom is -0.483 e. The molecule has 6 nitrogen and oxygen atoms in total. The summed E-state index contributed by atoms with van der Waals surface area (Å²) in [5.74, 6) is -1.30. The fourth-order valence-corrected chi connectivity index (χ4v) is 2.68. The SMILES string of the molecule is COC(=O)c1cc(OCC(=O)Nc2ccc(C)c(F)c2)c2cc(Cl)ccc2n1.